The number of esters is 1. The van der Waals surface area contributed by atoms with Crippen LogP contribution >= 0.6 is 12.2 Å². The van der Waals surface area contributed by atoms with Crippen LogP contribution in [0.5, 0.6) is 0 Å². The van der Waals surface area contributed by atoms with Crippen LogP contribution in [0, 0.1) is 5.92 Å². The predicted octanol–water partition coefficient (Wildman–Crippen LogP) is 4.98. The standard InChI is InChI=1S/C27H33N3O3S/c1-5-30-19(4)24(26(32)33-17-18(2)3)25(29-27(30)34)21-12-14-22(15-13-21)28-23(31)16-11-20-9-7-6-8-10-20/h6-10,12-15,18,25H,5,11,16-17H2,1-4H3,(H,28,31)(H,29,34). The highest BCUT2D eigenvalue weighted by Gasteiger charge is 2.34. The molecule has 0 aromatic heterocycles. The number of carbonyl (C=O) groups excluding carboxylic acids is 2. The van der Waals surface area contributed by atoms with Crippen molar-refractivity contribution >= 4 is 34.9 Å². The molecule has 1 unspecified atom stereocenters. The van der Waals surface area contributed by atoms with Gasteiger partial charge < -0.3 is 20.3 Å². The molecule has 180 valence electrons. The van der Waals surface area contributed by atoms with Gasteiger partial charge in [-0.1, -0.05) is 56.3 Å². The summed E-state index contributed by atoms with van der Waals surface area (Å²) < 4.78 is 5.57. The number of benzene rings is 2. The highest BCUT2D eigenvalue weighted by molar-refractivity contribution is 7.80. The van der Waals surface area contributed by atoms with E-state index in [9.17, 15) is 9.59 Å². The zero-order valence-electron chi connectivity index (χ0n) is 20.3. The molecule has 1 aliphatic rings. The Balaban J connectivity index is 1.73. The molecule has 0 spiro atoms. The Bertz CT molecular complexity index is 1050. The van der Waals surface area contributed by atoms with Crippen LogP contribution in [-0.4, -0.2) is 35.0 Å². The molecule has 34 heavy (non-hydrogen) atoms. The number of amides is 1. The van der Waals surface area contributed by atoms with Gasteiger partial charge in [0.05, 0.1) is 18.2 Å². The van der Waals surface area contributed by atoms with Crippen LogP contribution in [0.25, 0.3) is 0 Å². The van der Waals surface area contributed by atoms with E-state index >= 15 is 0 Å². The molecule has 7 heteroatoms. The van der Waals surface area contributed by atoms with Gasteiger partial charge in [0, 0.05) is 24.4 Å². The number of hydrogen-bond acceptors (Lipinski definition) is 4. The summed E-state index contributed by atoms with van der Waals surface area (Å²) in [6.45, 7) is 8.91. The number of thiocarbonyl (C=S) groups is 1. The van der Waals surface area contributed by atoms with E-state index in [2.05, 4.69) is 10.6 Å². The SMILES string of the molecule is CCN1C(=S)NC(c2ccc(NC(=O)CCc3ccccc3)cc2)C(C(=O)OCC(C)C)=C1C. The maximum absolute atomic E-state index is 13.0. The second-order valence-corrected chi connectivity index (χ2v) is 9.16. The van der Waals surface area contributed by atoms with Crippen molar-refractivity contribution < 1.29 is 14.3 Å². The van der Waals surface area contributed by atoms with Gasteiger partial charge in [-0.3, -0.25) is 4.79 Å². The van der Waals surface area contributed by atoms with Crippen LogP contribution in [0.3, 0.4) is 0 Å². The fourth-order valence-electron chi connectivity index (χ4n) is 3.88. The molecular formula is C27H33N3O3S. The van der Waals surface area contributed by atoms with Crippen molar-refractivity contribution in [2.75, 3.05) is 18.5 Å². The number of ether oxygens (including phenoxy) is 1. The molecule has 0 radical (unpaired) electrons. The molecule has 0 bridgehead atoms. The molecule has 3 rings (SSSR count). The van der Waals surface area contributed by atoms with Crippen LogP contribution in [0.1, 0.15) is 51.3 Å². The third-order valence-electron chi connectivity index (χ3n) is 5.69. The molecule has 2 aromatic carbocycles. The minimum absolute atomic E-state index is 0.0409. The fourth-order valence-corrected chi connectivity index (χ4v) is 4.27. The second-order valence-electron chi connectivity index (χ2n) is 8.77. The van der Waals surface area contributed by atoms with Gasteiger partial charge in [0.25, 0.3) is 0 Å². The summed E-state index contributed by atoms with van der Waals surface area (Å²) in [6, 6.07) is 17.0. The summed E-state index contributed by atoms with van der Waals surface area (Å²) in [5.41, 5.74) is 4.06. The van der Waals surface area contributed by atoms with Crippen LogP contribution in [-0.2, 0) is 20.7 Å². The van der Waals surface area contributed by atoms with E-state index in [1.54, 1.807) is 0 Å². The molecule has 1 aliphatic heterocycles. The van der Waals surface area contributed by atoms with Gasteiger partial charge in [-0.2, -0.15) is 0 Å². The summed E-state index contributed by atoms with van der Waals surface area (Å²) in [7, 11) is 0. The van der Waals surface area contributed by atoms with Crippen molar-refractivity contribution in [1.82, 2.24) is 10.2 Å². The van der Waals surface area contributed by atoms with Gasteiger partial charge in [-0.15, -0.1) is 0 Å². The monoisotopic (exact) mass is 479 g/mol. The fraction of sp³-hybridized carbons (Fsp3) is 0.370. The highest BCUT2D eigenvalue weighted by atomic mass is 32.1. The normalized spacial score (nSPS) is 15.9. The number of carbonyl (C=O) groups is 2. The zero-order chi connectivity index (χ0) is 24.7. The van der Waals surface area contributed by atoms with E-state index in [0.29, 0.717) is 42.4 Å². The summed E-state index contributed by atoms with van der Waals surface area (Å²) in [4.78, 5) is 27.3. The van der Waals surface area contributed by atoms with Crippen molar-refractivity contribution in [2.45, 2.75) is 46.6 Å². The lowest BCUT2D eigenvalue weighted by atomic mass is 9.94. The number of nitrogens with one attached hydrogen (secondary N) is 2. The van der Waals surface area contributed by atoms with Gasteiger partial charge in [0.15, 0.2) is 5.11 Å². The van der Waals surface area contributed by atoms with Gasteiger partial charge in [-0.05, 0) is 61.7 Å². The second kappa shape index (κ2) is 11.8. The molecule has 0 fully saturated rings. The Morgan fingerprint density at radius 1 is 1.12 bits per heavy atom. The Kier molecular flexibility index (Phi) is 8.82. The summed E-state index contributed by atoms with van der Waals surface area (Å²) >= 11 is 5.55. The van der Waals surface area contributed by atoms with Crippen LogP contribution in [0.2, 0.25) is 0 Å². The quantitative estimate of drug-likeness (QED) is 0.390. The summed E-state index contributed by atoms with van der Waals surface area (Å²) in [5.74, 6) is -0.142. The topological polar surface area (TPSA) is 70.7 Å². The minimum atomic E-state index is -0.419. The first-order valence-corrected chi connectivity index (χ1v) is 12.1. The van der Waals surface area contributed by atoms with Gasteiger partial charge >= 0.3 is 5.97 Å². The van der Waals surface area contributed by atoms with Crippen molar-refractivity contribution in [2.24, 2.45) is 5.92 Å². The Hall–Kier alpha value is -3.19. The Morgan fingerprint density at radius 2 is 1.79 bits per heavy atom. The lowest BCUT2D eigenvalue weighted by molar-refractivity contribution is -0.140. The largest absolute Gasteiger partial charge is 0.462 e. The molecule has 2 N–H and O–H groups in total. The number of aryl methyl sites for hydroxylation is 1. The number of nitrogens with zero attached hydrogens (tertiary/aromatic N) is 1. The molecule has 6 nitrogen and oxygen atoms in total. The van der Waals surface area contributed by atoms with Crippen molar-refractivity contribution in [3.8, 4) is 0 Å². The lowest BCUT2D eigenvalue weighted by Gasteiger charge is -2.37. The molecule has 0 aliphatic carbocycles. The first-order valence-electron chi connectivity index (χ1n) is 11.7. The lowest BCUT2D eigenvalue weighted by Crippen LogP contribution is -2.47. The number of hydrogen-bond donors (Lipinski definition) is 2. The number of allylic oxidation sites excluding steroid dienone is 1. The van der Waals surface area contributed by atoms with Crippen molar-refractivity contribution in [3.05, 3.63) is 77.0 Å². The van der Waals surface area contributed by atoms with Gasteiger partial charge in [0.2, 0.25) is 5.91 Å². The average molecular weight is 480 g/mol. The highest BCUT2D eigenvalue weighted by Crippen LogP contribution is 2.32. The van der Waals surface area contributed by atoms with E-state index in [0.717, 1.165) is 16.8 Å². The number of anilines is 1. The minimum Gasteiger partial charge on any atom is -0.462 e. The van der Waals surface area contributed by atoms with Crippen LogP contribution < -0.4 is 10.6 Å². The molecular weight excluding hydrogens is 446 g/mol. The first-order chi connectivity index (χ1) is 16.3. The molecule has 1 heterocycles. The maximum Gasteiger partial charge on any atom is 0.338 e. The van der Waals surface area contributed by atoms with Crippen molar-refractivity contribution in [1.29, 1.82) is 0 Å². The summed E-state index contributed by atoms with van der Waals surface area (Å²) in [5, 5.41) is 6.81. The Morgan fingerprint density at radius 3 is 2.41 bits per heavy atom. The molecule has 1 amide bonds. The van der Waals surface area contributed by atoms with E-state index in [-0.39, 0.29) is 17.8 Å². The third kappa shape index (κ3) is 6.44. The first kappa shape index (κ1) is 25.4. The summed E-state index contributed by atoms with van der Waals surface area (Å²) in [6.07, 6.45) is 1.10. The van der Waals surface area contributed by atoms with E-state index in [1.807, 2.05) is 87.2 Å². The van der Waals surface area contributed by atoms with E-state index in [1.165, 1.54) is 0 Å². The smallest absolute Gasteiger partial charge is 0.338 e. The predicted molar refractivity (Wildman–Crippen MR) is 139 cm³/mol. The number of rotatable bonds is 9. The van der Waals surface area contributed by atoms with Crippen LogP contribution in [0.4, 0.5) is 5.69 Å². The van der Waals surface area contributed by atoms with Gasteiger partial charge in [0.1, 0.15) is 0 Å². The maximum atomic E-state index is 13.0. The zero-order valence-corrected chi connectivity index (χ0v) is 21.1. The average Bonchev–Trinajstić information content (AvgIpc) is 2.82. The van der Waals surface area contributed by atoms with Crippen molar-refractivity contribution in [3.63, 3.8) is 0 Å². The van der Waals surface area contributed by atoms with E-state index < -0.39 is 6.04 Å². The molecule has 1 atom stereocenters. The molecule has 0 saturated heterocycles. The Labute approximate surface area is 207 Å². The molecule has 2 aromatic rings. The van der Waals surface area contributed by atoms with E-state index in [4.69, 9.17) is 17.0 Å². The van der Waals surface area contributed by atoms with Gasteiger partial charge in [-0.25, -0.2) is 4.79 Å². The third-order valence-corrected chi connectivity index (χ3v) is 6.03. The van der Waals surface area contributed by atoms with Crippen LogP contribution in [0.15, 0.2) is 65.9 Å². The molecule has 0 saturated carbocycles.